The van der Waals surface area contributed by atoms with Crippen molar-refractivity contribution in [3.8, 4) is 0 Å². The Bertz CT molecular complexity index is 340. The first-order chi connectivity index (χ1) is 7.24. The van der Waals surface area contributed by atoms with Crippen molar-refractivity contribution in [3.05, 3.63) is 40.6 Å². The van der Waals surface area contributed by atoms with Crippen LogP contribution in [0, 0.1) is 12.8 Å². The zero-order valence-electron chi connectivity index (χ0n) is 9.92. The van der Waals surface area contributed by atoms with Crippen LogP contribution < -0.4 is 0 Å². The maximum atomic E-state index is 3.82. The molecule has 0 N–H and O–H groups in total. The lowest BCUT2D eigenvalue weighted by Crippen LogP contribution is -2.00. The third-order valence-electron chi connectivity index (χ3n) is 2.89. The van der Waals surface area contributed by atoms with Crippen LogP contribution in [0.5, 0.6) is 0 Å². The quantitative estimate of drug-likeness (QED) is 0.608. The number of aryl methyl sites for hydroxylation is 1. The summed E-state index contributed by atoms with van der Waals surface area (Å²) in [6.45, 7) is 10.5. The van der Waals surface area contributed by atoms with Crippen molar-refractivity contribution in [2.75, 3.05) is 0 Å². The van der Waals surface area contributed by atoms with Crippen LogP contribution >= 0.6 is 11.3 Å². The molecule has 15 heavy (non-hydrogen) atoms. The number of hydrogen-bond donors (Lipinski definition) is 0. The van der Waals surface area contributed by atoms with Crippen molar-refractivity contribution < 1.29 is 0 Å². The normalized spacial score (nSPS) is 12.1. The molecule has 0 radical (unpaired) electrons. The molecule has 0 fully saturated rings. The molecule has 0 aliphatic rings. The number of hydrogen-bond acceptors (Lipinski definition) is 1. The van der Waals surface area contributed by atoms with Crippen molar-refractivity contribution in [2.24, 2.45) is 5.92 Å². The van der Waals surface area contributed by atoms with Gasteiger partial charge in [0.1, 0.15) is 0 Å². The Morgan fingerprint density at radius 1 is 1.47 bits per heavy atom. The van der Waals surface area contributed by atoms with Gasteiger partial charge in [-0.2, -0.15) is 0 Å². The summed E-state index contributed by atoms with van der Waals surface area (Å²) >= 11 is 1.82. The molecule has 0 aromatic carbocycles. The smallest absolute Gasteiger partial charge is 0.00894 e. The van der Waals surface area contributed by atoms with Gasteiger partial charge in [0.2, 0.25) is 0 Å². The van der Waals surface area contributed by atoms with E-state index < -0.39 is 0 Å². The molecule has 1 heterocycles. The lowest BCUT2D eigenvalue weighted by molar-refractivity contribution is 0.624. The van der Waals surface area contributed by atoms with E-state index in [0.717, 1.165) is 0 Å². The van der Waals surface area contributed by atoms with Gasteiger partial charge in [-0.25, -0.2) is 0 Å². The molecule has 0 aliphatic carbocycles. The van der Waals surface area contributed by atoms with E-state index in [0.29, 0.717) is 5.92 Å². The molecule has 0 nitrogen and oxygen atoms in total. The average Bonchev–Trinajstić information content (AvgIpc) is 2.65. The Morgan fingerprint density at radius 3 is 2.53 bits per heavy atom. The average molecular weight is 220 g/mol. The van der Waals surface area contributed by atoms with E-state index in [1.807, 2.05) is 17.4 Å². The Kier molecular flexibility index (Phi) is 4.83. The largest absolute Gasteiger partial charge is 0.149 e. The van der Waals surface area contributed by atoms with Gasteiger partial charge in [-0.3, -0.25) is 0 Å². The van der Waals surface area contributed by atoms with Crippen LogP contribution in [0.4, 0.5) is 0 Å². The third-order valence-corrected chi connectivity index (χ3v) is 3.74. The molecule has 0 saturated carbocycles. The number of rotatable bonds is 5. The van der Waals surface area contributed by atoms with Crippen molar-refractivity contribution in [1.29, 1.82) is 0 Å². The van der Waals surface area contributed by atoms with Crippen LogP contribution in [-0.2, 0) is 0 Å². The summed E-state index contributed by atoms with van der Waals surface area (Å²) < 4.78 is 0. The predicted molar refractivity (Wildman–Crippen MR) is 71.3 cm³/mol. The van der Waals surface area contributed by atoms with Gasteiger partial charge in [-0.15, -0.1) is 11.3 Å². The molecule has 1 rings (SSSR count). The molecule has 0 bridgehead atoms. The molecular weight excluding hydrogens is 200 g/mol. The fourth-order valence-electron chi connectivity index (χ4n) is 1.99. The molecule has 0 unspecified atom stereocenters. The molecule has 0 atom stereocenters. The highest BCUT2D eigenvalue weighted by Crippen LogP contribution is 2.32. The lowest BCUT2D eigenvalue weighted by Gasteiger charge is -2.17. The van der Waals surface area contributed by atoms with E-state index in [-0.39, 0.29) is 0 Å². The molecule has 1 aromatic heterocycles. The molecule has 0 amide bonds. The summed E-state index contributed by atoms with van der Waals surface area (Å²) in [5.74, 6) is 0.663. The van der Waals surface area contributed by atoms with Gasteiger partial charge in [-0.1, -0.05) is 32.6 Å². The van der Waals surface area contributed by atoms with Crippen LogP contribution in [-0.4, -0.2) is 0 Å². The Hall–Kier alpha value is -0.820. The topological polar surface area (TPSA) is 0 Å². The minimum Gasteiger partial charge on any atom is -0.149 e. The van der Waals surface area contributed by atoms with Crippen LogP contribution in [0.25, 0.3) is 5.57 Å². The Labute approximate surface area is 97.3 Å². The summed E-state index contributed by atoms with van der Waals surface area (Å²) in [6, 6.07) is 2.23. The molecule has 0 aliphatic heterocycles. The minimum atomic E-state index is 0.663. The number of thiophene rings is 1. The Morgan fingerprint density at radius 2 is 2.13 bits per heavy atom. The Balaban J connectivity index is 3.08. The van der Waals surface area contributed by atoms with Gasteiger partial charge in [-0.05, 0) is 48.3 Å². The van der Waals surface area contributed by atoms with E-state index in [2.05, 4.69) is 44.9 Å². The van der Waals surface area contributed by atoms with Crippen LogP contribution in [0.15, 0.2) is 30.2 Å². The molecule has 0 saturated heterocycles. The molecule has 1 heteroatoms. The van der Waals surface area contributed by atoms with E-state index in [9.17, 15) is 0 Å². The second-order valence-electron chi connectivity index (χ2n) is 3.76. The van der Waals surface area contributed by atoms with Crippen LogP contribution in [0.1, 0.15) is 37.1 Å². The predicted octanol–water partition coefficient (Wildman–Crippen LogP) is 5.06. The fraction of sp³-hybridized carbons (Fsp3) is 0.429. The maximum Gasteiger partial charge on any atom is 0.00894 e. The summed E-state index contributed by atoms with van der Waals surface area (Å²) in [7, 11) is 0. The van der Waals surface area contributed by atoms with Gasteiger partial charge in [0, 0.05) is 4.88 Å². The SMILES string of the molecule is C=C/C=C(\c1ccsc1C)C(CC)CC. The van der Waals surface area contributed by atoms with Gasteiger partial charge in [0.25, 0.3) is 0 Å². The summed E-state index contributed by atoms with van der Waals surface area (Å²) in [5, 5.41) is 2.17. The van der Waals surface area contributed by atoms with Crippen molar-refractivity contribution in [3.63, 3.8) is 0 Å². The zero-order valence-corrected chi connectivity index (χ0v) is 10.7. The minimum absolute atomic E-state index is 0.663. The maximum absolute atomic E-state index is 3.82. The van der Waals surface area contributed by atoms with Gasteiger partial charge >= 0.3 is 0 Å². The highest BCUT2D eigenvalue weighted by Gasteiger charge is 2.14. The monoisotopic (exact) mass is 220 g/mol. The lowest BCUT2D eigenvalue weighted by atomic mass is 9.88. The summed E-state index contributed by atoms with van der Waals surface area (Å²) in [5.41, 5.74) is 2.86. The molecule has 0 spiro atoms. The van der Waals surface area contributed by atoms with Crippen molar-refractivity contribution >= 4 is 16.9 Å². The van der Waals surface area contributed by atoms with E-state index >= 15 is 0 Å². The standard InChI is InChI=1S/C14H20S/c1-5-8-14(12(6-2)7-3)13-9-10-15-11(13)4/h5,8-10,12H,1,6-7H2,2-4H3/b14-8-. The molecular formula is C14H20S. The van der Waals surface area contributed by atoms with Crippen LogP contribution in [0.3, 0.4) is 0 Å². The highest BCUT2D eigenvalue weighted by atomic mass is 32.1. The second kappa shape index (κ2) is 5.92. The zero-order chi connectivity index (χ0) is 11.3. The summed E-state index contributed by atoms with van der Waals surface area (Å²) in [4.78, 5) is 1.41. The second-order valence-corrected chi connectivity index (χ2v) is 4.88. The van der Waals surface area contributed by atoms with E-state index in [1.165, 1.54) is 28.9 Å². The number of allylic oxidation sites excluding steroid dienone is 3. The van der Waals surface area contributed by atoms with Crippen LogP contribution in [0.2, 0.25) is 0 Å². The van der Waals surface area contributed by atoms with Gasteiger partial charge < -0.3 is 0 Å². The molecule has 1 aromatic rings. The van der Waals surface area contributed by atoms with Gasteiger partial charge in [0.05, 0.1) is 0 Å². The first-order valence-corrected chi connectivity index (χ1v) is 6.49. The first kappa shape index (κ1) is 12.3. The van der Waals surface area contributed by atoms with E-state index in [1.54, 1.807) is 0 Å². The summed E-state index contributed by atoms with van der Waals surface area (Å²) in [6.07, 6.45) is 6.48. The third kappa shape index (κ3) is 2.82. The van der Waals surface area contributed by atoms with Gasteiger partial charge in [0.15, 0.2) is 0 Å². The molecule has 82 valence electrons. The highest BCUT2D eigenvalue weighted by molar-refractivity contribution is 7.10. The van der Waals surface area contributed by atoms with E-state index in [4.69, 9.17) is 0 Å². The first-order valence-electron chi connectivity index (χ1n) is 5.61. The fourth-order valence-corrected chi connectivity index (χ4v) is 2.71. The van der Waals surface area contributed by atoms with Crippen molar-refractivity contribution in [1.82, 2.24) is 0 Å². The van der Waals surface area contributed by atoms with Crippen molar-refractivity contribution in [2.45, 2.75) is 33.6 Å².